The van der Waals surface area contributed by atoms with Crippen LogP contribution < -0.4 is 0 Å². The molecule has 1 aromatic heterocycles. The van der Waals surface area contributed by atoms with Crippen LogP contribution in [0.2, 0.25) is 0 Å². The Labute approximate surface area is 137 Å². The Bertz CT molecular complexity index is 737. The van der Waals surface area contributed by atoms with Crippen LogP contribution in [0.3, 0.4) is 0 Å². The van der Waals surface area contributed by atoms with E-state index in [1.807, 2.05) is 39.9 Å². The molecule has 1 saturated heterocycles. The first kappa shape index (κ1) is 15.8. The van der Waals surface area contributed by atoms with E-state index in [0.29, 0.717) is 24.2 Å². The van der Waals surface area contributed by atoms with Gasteiger partial charge in [-0.25, -0.2) is 0 Å². The lowest BCUT2D eigenvalue weighted by atomic mass is 9.97. The number of carbonyl (C=O) groups excluding carboxylic acids is 2. The second-order valence-corrected chi connectivity index (χ2v) is 6.67. The Hall–Kier alpha value is -2.10. The van der Waals surface area contributed by atoms with Crippen molar-refractivity contribution in [3.8, 4) is 0 Å². The fourth-order valence-electron chi connectivity index (χ4n) is 3.80. The van der Waals surface area contributed by atoms with Crippen molar-refractivity contribution in [1.29, 1.82) is 0 Å². The molecule has 0 N–H and O–H groups in total. The van der Waals surface area contributed by atoms with E-state index < -0.39 is 0 Å². The highest BCUT2D eigenvalue weighted by Gasteiger charge is 2.29. The van der Waals surface area contributed by atoms with Crippen LogP contribution in [-0.4, -0.2) is 33.2 Å². The molecule has 2 atom stereocenters. The van der Waals surface area contributed by atoms with Crippen LogP contribution in [0.4, 0.5) is 0 Å². The predicted octanol–water partition coefficient (Wildman–Crippen LogP) is 3.63. The van der Waals surface area contributed by atoms with E-state index in [2.05, 4.69) is 13.8 Å². The number of carbonyl (C=O) groups is 2. The Balaban J connectivity index is 1.92. The molecule has 4 nitrogen and oxygen atoms in total. The topological polar surface area (TPSA) is 42.3 Å². The highest BCUT2D eigenvalue weighted by Crippen LogP contribution is 2.25. The molecule has 1 fully saturated rings. The summed E-state index contributed by atoms with van der Waals surface area (Å²) in [4.78, 5) is 26.7. The Morgan fingerprint density at radius 3 is 2.43 bits per heavy atom. The third kappa shape index (κ3) is 2.90. The van der Waals surface area contributed by atoms with Crippen molar-refractivity contribution in [2.24, 2.45) is 0 Å². The Morgan fingerprint density at radius 2 is 1.78 bits per heavy atom. The smallest absolute Gasteiger partial charge is 0.242 e. The van der Waals surface area contributed by atoms with E-state index in [9.17, 15) is 9.59 Å². The lowest BCUT2D eigenvalue weighted by Gasteiger charge is -2.39. The van der Waals surface area contributed by atoms with Gasteiger partial charge in [0, 0.05) is 34.7 Å². The molecule has 0 saturated carbocycles. The highest BCUT2D eigenvalue weighted by molar-refractivity contribution is 6.07. The van der Waals surface area contributed by atoms with E-state index in [1.165, 1.54) is 6.42 Å². The number of para-hydroxylation sites is 1. The highest BCUT2D eigenvalue weighted by atomic mass is 16.2. The van der Waals surface area contributed by atoms with E-state index in [1.54, 1.807) is 6.92 Å². The van der Waals surface area contributed by atoms with Gasteiger partial charge in [-0.2, -0.15) is 0 Å². The van der Waals surface area contributed by atoms with E-state index in [4.69, 9.17) is 0 Å². The van der Waals surface area contributed by atoms with Crippen LogP contribution in [0.15, 0.2) is 30.5 Å². The first-order valence-corrected chi connectivity index (χ1v) is 8.39. The summed E-state index contributed by atoms with van der Waals surface area (Å²) in [6.07, 6.45) is 5.15. The predicted molar refractivity (Wildman–Crippen MR) is 91.6 cm³/mol. The molecule has 0 radical (unpaired) electrons. The molecular weight excluding hydrogens is 288 g/mol. The van der Waals surface area contributed by atoms with Gasteiger partial charge in [0.25, 0.3) is 0 Å². The third-order valence-corrected chi connectivity index (χ3v) is 4.96. The summed E-state index contributed by atoms with van der Waals surface area (Å²) in [5.41, 5.74) is 1.64. The van der Waals surface area contributed by atoms with Crippen molar-refractivity contribution in [1.82, 2.24) is 9.47 Å². The van der Waals surface area contributed by atoms with E-state index in [0.717, 1.165) is 23.7 Å². The van der Waals surface area contributed by atoms with Crippen LogP contribution in [0.25, 0.3) is 10.9 Å². The van der Waals surface area contributed by atoms with Crippen molar-refractivity contribution in [2.45, 2.75) is 58.7 Å². The first-order chi connectivity index (χ1) is 11.0. The second kappa shape index (κ2) is 6.19. The number of nitrogens with zero attached hydrogens (tertiary/aromatic N) is 2. The maximum absolute atomic E-state index is 12.8. The third-order valence-electron chi connectivity index (χ3n) is 4.96. The molecule has 23 heavy (non-hydrogen) atoms. The summed E-state index contributed by atoms with van der Waals surface area (Å²) in [5.74, 6) is 0.174. The van der Waals surface area contributed by atoms with Crippen LogP contribution >= 0.6 is 0 Å². The summed E-state index contributed by atoms with van der Waals surface area (Å²) in [7, 11) is 0. The van der Waals surface area contributed by atoms with Crippen LogP contribution in [0.5, 0.6) is 0 Å². The number of benzene rings is 1. The molecule has 0 unspecified atom stereocenters. The maximum Gasteiger partial charge on any atom is 0.242 e. The summed E-state index contributed by atoms with van der Waals surface area (Å²) in [6, 6.07) is 8.37. The molecule has 1 aliphatic heterocycles. The fraction of sp³-hybridized carbons (Fsp3) is 0.474. The zero-order valence-electron chi connectivity index (χ0n) is 14.1. The molecule has 1 aliphatic rings. The van der Waals surface area contributed by atoms with E-state index >= 15 is 0 Å². The molecule has 0 bridgehead atoms. The van der Waals surface area contributed by atoms with Crippen molar-refractivity contribution in [2.75, 3.05) is 0 Å². The average Bonchev–Trinajstić information content (AvgIpc) is 2.86. The minimum Gasteiger partial charge on any atom is -0.337 e. The summed E-state index contributed by atoms with van der Waals surface area (Å²) >= 11 is 0. The molecule has 2 aromatic rings. The van der Waals surface area contributed by atoms with Gasteiger partial charge in [-0.3, -0.25) is 9.59 Å². The van der Waals surface area contributed by atoms with Gasteiger partial charge in [0.2, 0.25) is 5.91 Å². The summed E-state index contributed by atoms with van der Waals surface area (Å²) < 4.78 is 1.92. The van der Waals surface area contributed by atoms with Gasteiger partial charge < -0.3 is 9.47 Å². The molecule has 0 aliphatic carbocycles. The SMILES string of the molecule is CC(=O)c1cn(CC(=O)N2[C@H](C)CCC[C@H]2C)c2ccccc12. The molecular formula is C19H24N2O2. The standard InChI is InChI=1S/C19H24N2O2/c1-13-7-6-8-14(2)21(13)19(23)12-20-11-17(15(3)22)16-9-4-5-10-18(16)20/h4-5,9-11,13-14H,6-8,12H2,1-3H3/t13-,14-/m1/s1. The molecule has 1 aromatic carbocycles. The number of hydrogen-bond acceptors (Lipinski definition) is 2. The number of piperidine rings is 1. The van der Waals surface area contributed by atoms with Gasteiger partial charge in [-0.15, -0.1) is 0 Å². The second-order valence-electron chi connectivity index (χ2n) is 6.67. The fourth-order valence-corrected chi connectivity index (χ4v) is 3.80. The number of Topliss-reactive ketones (excluding diaryl/α,β-unsaturated/α-hetero) is 1. The molecule has 4 heteroatoms. The number of likely N-dealkylation sites (tertiary alicyclic amines) is 1. The van der Waals surface area contributed by atoms with Crippen molar-refractivity contribution in [3.05, 3.63) is 36.0 Å². The van der Waals surface area contributed by atoms with Gasteiger partial charge in [0.1, 0.15) is 6.54 Å². The number of fused-ring (bicyclic) bond motifs is 1. The van der Waals surface area contributed by atoms with Gasteiger partial charge in [0.15, 0.2) is 5.78 Å². The Kier molecular flexibility index (Phi) is 4.24. The number of ketones is 1. The lowest BCUT2D eigenvalue weighted by Crippen LogP contribution is -2.48. The maximum atomic E-state index is 12.8. The minimum absolute atomic E-state index is 0.0344. The lowest BCUT2D eigenvalue weighted by molar-refractivity contribution is -0.137. The summed E-state index contributed by atoms with van der Waals surface area (Å²) in [5, 5.41) is 0.924. The van der Waals surface area contributed by atoms with E-state index in [-0.39, 0.29) is 11.7 Å². The molecule has 1 amide bonds. The van der Waals surface area contributed by atoms with Gasteiger partial charge in [-0.1, -0.05) is 18.2 Å². The van der Waals surface area contributed by atoms with Gasteiger partial charge in [-0.05, 0) is 46.1 Å². The van der Waals surface area contributed by atoms with Crippen LogP contribution in [0, 0.1) is 0 Å². The largest absolute Gasteiger partial charge is 0.337 e. The van der Waals surface area contributed by atoms with Crippen LogP contribution in [-0.2, 0) is 11.3 Å². The summed E-state index contributed by atoms with van der Waals surface area (Å²) in [6.45, 7) is 6.12. The van der Waals surface area contributed by atoms with Gasteiger partial charge in [0.05, 0.1) is 0 Å². The number of rotatable bonds is 3. The van der Waals surface area contributed by atoms with Crippen molar-refractivity contribution >= 4 is 22.6 Å². The zero-order chi connectivity index (χ0) is 16.6. The molecule has 122 valence electrons. The Morgan fingerprint density at radius 1 is 1.13 bits per heavy atom. The first-order valence-electron chi connectivity index (χ1n) is 8.39. The molecule has 2 heterocycles. The molecule has 0 spiro atoms. The minimum atomic E-state index is 0.0344. The van der Waals surface area contributed by atoms with Crippen LogP contribution in [0.1, 0.15) is 50.4 Å². The number of aromatic nitrogens is 1. The quantitative estimate of drug-likeness (QED) is 0.812. The number of hydrogen-bond donors (Lipinski definition) is 0. The average molecular weight is 312 g/mol. The molecule has 3 rings (SSSR count). The van der Waals surface area contributed by atoms with Crippen molar-refractivity contribution < 1.29 is 9.59 Å². The normalized spacial score (nSPS) is 21.6. The monoisotopic (exact) mass is 312 g/mol. The number of amides is 1. The zero-order valence-corrected chi connectivity index (χ0v) is 14.1. The van der Waals surface area contributed by atoms with Gasteiger partial charge >= 0.3 is 0 Å². The van der Waals surface area contributed by atoms with Crippen molar-refractivity contribution in [3.63, 3.8) is 0 Å².